The number of hydrogen-bond acceptors (Lipinski definition) is 5. The Morgan fingerprint density at radius 3 is 2.52 bits per heavy atom. The molecule has 0 aliphatic rings. The van der Waals surface area contributed by atoms with Crippen molar-refractivity contribution in [2.45, 2.75) is 19.1 Å². The molecule has 0 aliphatic heterocycles. The third-order valence-electron chi connectivity index (χ3n) is 2.31. The number of nitrogens with zero attached hydrogens (tertiary/aromatic N) is 2. The maximum atomic E-state index is 10.6. The van der Waals surface area contributed by atoms with Crippen molar-refractivity contribution in [2.75, 3.05) is 0 Å². The van der Waals surface area contributed by atoms with Gasteiger partial charge < -0.3 is 19.4 Å². The normalized spacial score (nSPS) is 10.6. The Balaban J connectivity index is 0.000000322. The first-order valence-corrected chi connectivity index (χ1v) is 6.05. The van der Waals surface area contributed by atoms with Gasteiger partial charge in [0.05, 0.1) is 12.6 Å². The first-order chi connectivity index (χ1) is 10.7. The highest BCUT2D eigenvalue weighted by Gasteiger charge is 2.28. The van der Waals surface area contributed by atoms with E-state index in [0.717, 1.165) is 5.56 Å². The Kier molecular flexibility index (Phi) is 6.24. The number of carbonyl (C=O) groups excluding carboxylic acids is 1. The molecule has 124 valence electrons. The van der Waals surface area contributed by atoms with Crippen molar-refractivity contribution in [1.82, 2.24) is 4.98 Å². The molecule has 0 bridgehead atoms. The Morgan fingerprint density at radius 2 is 2.04 bits per heavy atom. The molecular weight excluding hydrogens is 321 g/mol. The summed E-state index contributed by atoms with van der Waals surface area (Å²) in [7, 11) is 0. The van der Waals surface area contributed by atoms with Gasteiger partial charge in [-0.1, -0.05) is 0 Å². The fraction of sp³-hybridized carbons (Fsp3) is 0.231. The van der Waals surface area contributed by atoms with Crippen LogP contribution < -0.4 is 9.67 Å². The van der Waals surface area contributed by atoms with Crippen LogP contribution in [0.4, 0.5) is 13.2 Å². The lowest BCUT2D eigenvalue weighted by Crippen LogP contribution is -2.37. The highest BCUT2D eigenvalue weighted by molar-refractivity contribution is 5.70. The number of aliphatic carboxylic acids is 2. The van der Waals surface area contributed by atoms with Crippen LogP contribution in [-0.4, -0.2) is 28.2 Å². The van der Waals surface area contributed by atoms with Crippen LogP contribution in [-0.2, 0) is 22.6 Å². The van der Waals surface area contributed by atoms with Crippen molar-refractivity contribution in [2.24, 2.45) is 0 Å². The van der Waals surface area contributed by atoms with Gasteiger partial charge in [-0.3, -0.25) is 4.79 Å². The zero-order valence-corrected chi connectivity index (χ0v) is 11.5. The van der Waals surface area contributed by atoms with Gasteiger partial charge in [-0.2, -0.15) is 17.7 Å². The second-order valence-electron chi connectivity index (χ2n) is 4.17. The molecule has 2 rings (SSSR count). The van der Waals surface area contributed by atoms with Gasteiger partial charge in [-0.15, -0.1) is 0 Å². The van der Waals surface area contributed by atoms with E-state index in [1.165, 1.54) is 6.26 Å². The van der Waals surface area contributed by atoms with Gasteiger partial charge in [0.25, 0.3) is 5.89 Å². The first kappa shape index (κ1) is 18.1. The number of alkyl halides is 3. The smallest absolute Gasteiger partial charge is 0.430 e. The predicted octanol–water partition coefficient (Wildman–Crippen LogP) is -0.0639. The minimum Gasteiger partial charge on any atom is -0.542 e. The number of pyridine rings is 1. The molecule has 0 fully saturated rings. The molecule has 1 N–H and O–H groups in total. The third kappa shape index (κ3) is 7.07. The van der Waals surface area contributed by atoms with Crippen LogP contribution in [0, 0.1) is 0 Å². The average molecular weight is 332 g/mol. The van der Waals surface area contributed by atoms with Gasteiger partial charge in [0, 0.05) is 11.6 Å². The Hall–Kier alpha value is -2.91. The molecule has 0 spiro atoms. The van der Waals surface area contributed by atoms with E-state index in [9.17, 15) is 18.0 Å². The van der Waals surface area contributed by atoms with Gasteiger partial charge >= 0.3 is 12.1 Å². The van der Waals surface area contributed by atoms with E-state index in [4.69, 9.17) is 19.4 Å². The van der Waals surface area contributed by atoms with E-state index in [0.29, 0.717) is 12.4 Å². The van der Waals surface area contributed by atoms with Crippen LogP contribution in [0.3, 0.4) is 0 Å². The van der Waals surface area contributed by atoms with Crippen molar-refractivity contribution in [3.63, 3.8) is 0 Å². The van der Waals surface area contributed by atoms with Crippen LogP contribution in [0.2, 0.25) is 0 Å². The molecule has 7 nitrogen and oxygen atoms in total. The lowest BCUT2D eigenvalue weighted by molar-refractivity contribution is -0.690. The zero-order valence-electron chi connectivity index (χ0n) is 11.5. The monoisotopic (exact) mass is 332 g/mol. The number of rotatable bonds is 4. The van der Waals surface area contributed by atoms with Crippen molar-refractivity contribution in [1.29, 1.82) is 0 Å². The largest absolute Gasteiger partial charge is 0.542 e. The van der Waals surface area contributed by atoms with Crippen molar-refractivity contribution < 1.29 is 42.0 Å². The molecular formula is C13H11F3N2O5. The molecule has 23 heavy (non-hydrogen) atoms. The van der Waals surface area contributed by atoms with Crippen LogP contribution in [0.25, 0.3) is 0 Å². The summed E-state index contributed by atoms with van der Waals surface area (Å²) in [4.78, 5) is 23.3. The fourth-order valence-electron chi connectivity index (χ4n) is 1.44. The number of aromatic nitrogens is 2. The summed E-state index contributed by atoms with van der Waals surface area (Å²) in [5.74, 6) is -3.25. The topological polar surface area (TPSA) is 107 Å². The number of carboxylic acid groups (broad SMARTS) is 2. The predicted molar refractivity (Wildman–Crippen MR) is 64.6 cm³/mol. The van der Waals surface area contributed by atoms with Gasteiger partial charge in [0.15, 0.2) is 12.4 Å². The molecule has 10 heteroatoms. The molecule has 0 atom stereocenters. The molecule has 2 aromatic rings. The minimum absolute atomic E-state index is 0.0203. The van der Waals surface area contributed by atoms with Gasteiger partial charge in [-0.05, 0) is 6.07 Å². The Bertz CT molecular complexity index is 656. The van der Waals surface area contributed by atoms with Crippen molar-refractivity contribution in [3.05, 3.63) is 48.4 Å². The van der Waals surface area contributed by atoms with E-state index >= 15 is 0 Å². The number of halogens is 3. The summed E-state index contributed by atoms with van der Waals surface area (Å²) in [5, 5.41) is 17.5. The van der Waals surface area contributed by atoms with Crippen LogP contribution in [0.1, 0.15) is 11.5 Å². The van der Waals surface area contributed by atoms with Gasteiger partial charge in [-0.25, -0.2) is 4.98 Å². The SMILES string of the molecule is O=C(O)Cc1ccc[n+](Cc2ncco2)c1.O=C([O-])C(F)(F)F. The zero-order chi connectivity index (χ0) is 17.5. The second kappa shape index (κ2) is 7.92. The van der Waals surface area contributed by atoms with E-state index < -0.39 is 18.1 Å². The molecule has 0 saturated carbocycles. The molecule has 0 amide bonds. The summed E-state index contributed by atoms with van der Waals surface area (Å²) in [6.45, 7) is 0.500. The maximum absolute atomic E-state index is 10.6. The number of hydrogen-bond donors (Lipinski definition) is 1. The van der Waals surface area contributed by atoms with E-state index in [1.54, 1.807) is 24.5 Å². The molecule has 0 unspecified atom stereocenters. The molecule has 0 aromatic carbocycles. The summed E-state index contributed by atoms with van der Waals surface area (Å²) in [5.41, 5.74) is 0.751. The first-order valence-electron chi connectivity index (χ1n) is 6.05. The van der Waals surface area contributed by atoms with Crippen molar-refractivity contribution >= 4 is 11.9 Å². The third-order valence-corrected chi connectivity index (χ3v) is 2.31. The highest BCUT2D eigenvalue weighted by Crippen LogP contribution is 2.11. The Morgan fingerprint density at radius 1 is 1.39 bits per heavy atom. The number of carbonyl (C=O) groups is 2. The van der Waals surface area contributed by atoms with E-state index in [1.807, 2.05) is 10.8 Å². The lowest BCUT2D eigenvalue weighted by atomic mass is 10.2. The summed E-state index contributed by atoms with van der Waals surface area (Å²) >= 11 is 0. The fourth-order valence-corrected chi connectivity index (χ4v) is 1.44. The summed E-state index contributed by atoms with van der Waals surface area (Å²) in [6.07, 6.45) is 1.54. The minimum atomic E-state index is -5.19. The molecule has 0 saturated heterocycles. The molecule has 2 heterocycles. The highest BCUT2D eigenvalue weighted by atomic mass is 19.4. The van der Waals surface area contributed by atoms with E-state index in [-0.39, 0.29) is 6.42 Å². The Labute approximate surface area is 127 Å². The number of oxazole rings is 1. The standard InChI is InChI=1S/C11H10N2O3.C2HF3O2/c14-11(15)6-9-2-1-4-13(7-9)8-10-12-3-5-16-10;3-2(4,5)1(6)7/h1-5,7H,6,8H2;(H,6,7). The van der Waals surface area contributed by atoms with Gasteiger partial charge in [0.1, 0.15) is 12.2 Å². The number of carboxylic acids is 2. The summed E-state index contributed by atoms with van der Waals surface area (Å²) in [6, 6.07) is 3.58. The van der Waals surface area contributed by atoms with Crippen LogP contribution in [0.15, 0.2) is 41.4 Å². The van der Waals surface area contributed by atoms with Crippen molar-refractivity contribution in [3.8, 4) is 0 Å². The maximum Gasteiger partial charge on any atom is 0.430 e. The van der Waals surface area contributed by atoms with Crippen LogP contribution >= 0.6 is 0 Å². The second-order valence-corrected chi connectivity index (χ2v) is 4.17. The van der Waals surface area contributed by atoms with E-state index in [2.05, 4.69) is 4.98 Å². The molecule has 2 aromatic heterocycles. The lowest BCUT2D eigenvalue weighted by Gasteiger charge is -2.03. The molecule has 0 radical (unpaired) electrons. The van der Waals surface area contributed by atoms with Gasteiger partial charge in [0.2, 0.25) is 6.54 Å². The molecule has 0 aliphatic carbocycles. The average Bonchev–Trinajstić information content (AvgIpc) is 2.90. The quantitative estimate of drug-likeness (QED) is 0.786. The summed E-state index contributed by atoms with van der Waals surface area (Å²) < 4.78 is 38.5. The van der Waals surface area contributed by atoms with Crippen LogP contribution in [0.5, 0.6) is 0 Å².